The Labute approximate surface area is 96.8 Å². The zero-order valence-electron chi connectivity index (χ0n) is 10.3. The van der Waals surface area contributed by atoms with Crippen LogP contribution in [0.2, 0.25) is 0 Å². The van der Waals surface area contributed by atoms with Gasteiger partial charge in [-0.05, 0) is 20.0 Å². The molecule has 1 atom stereocenters. The Morgan fingerprint density at radius 1 is 1.50 bits per heavy atom. The van der Waals surface area contributed by atoms with Crippen LogP contribution in [0.15, 0.2) is 0 Å². The molecule has 0 saturated carbocycles. The van der Waals surface area contributed by atoms with Gasteiger partial charge in [-0.3, -0.25) is 14.5 Å². The molecule has 2 amide bonds. The van der Waals surface area contributed by atoms with Crippen molar-refractivity contribution in [3.05, 3.63) is 0 Å². The highest BCUT2D eigenvalue weighted by Gasteiger charge is 2.25. The van der Waals surface area contributed by atoms with Gasteiger partial charge < -0.3 is 10.2 Å². The van der Waals surface area contributed by atoms with Gasteiger partial charge in [-0.25, -0.2) is 0 Å². The van der Waals surface area contributed by atoms with Crippen LogP contribution in [-0.4, -0.2) is 60.4 Å². The van der Waals surface area contributed by atoms with Crippen molar-refractivity contribution in [1.82, 2.24) is 15.1 Å². The fraction of sp³-hybridized carbons (Fsp3) is 0.818. The molecule has 1 saturated heterocycles. The zero-order chi connectivity index (χ0) is 12.1. The average Bonchev–Trinajstić information content (AvgIpc) is 2.24. The second-order valence-corrected chi connectivity index (χ2v) is 4.20. The molecule has 1 N–H and O–H groups in total. The highest BCUT2D eigenvalue weighted by atomic mass is 16.2. The normalized spacial score (nSPS) is 21.1. The lowest BCUT2D eigenvalue weighted by molar-refractivity contribution is -0.140. The largest absolute Gasteiger partial charge is 0.350 e. The SMILES string of the molecule is CCN(CC)CC(=O)N1CC(=O)NC(C)C1. The van der Waals surface area contributed by atoms with Gasteiger partial charge in [-0.15, -0.1) is 0 Å². The summed E-state index contributed by atoms with van der Waals surface area (Å²) in [5, 5.41) is 2.80. The van der Waals surface area contributed by atoms with Crippen LogP contribution in [0.1, 0.15) is 20.8 Å². The average molecular weight is 227 g/mol. The molecule has 1 unspecified atom stereocenters. The first-order chi connectivity index (χ1) is 7.56. The van der Waals surface area contributed by atoms with E-state index in [4.69, 9.17) is 0 Å². The van der Waals surface area contributed by atoms with Crippen LogP contribution in [0, 0.1) is 0 Å². The van der Waals surface area contributed by atoms with E-state index in [0.29, 0.717) is 13.1 Å². The molecule has 92 valence electrons. The zero-order valence-corrected chi connectivity index (χ0v) is 10.3. The summed E-state index contributed by atoms with van der Waals surface area (Å²) in [5.74, 6) is -0.0166. The maximum absolute atomic E-state index is 11.9. The Morgan fingerprint density at radius 2 is 2.12 bits per heavy atom. The second-order valence-electron chi connectivity index (χ2n) is 4.20. The van der Waals surface area contributed by atoms with Crippen LogP contribution in [0.3, 0.4) is 0 Å². The number of hydrogen-bond donors (Lipinski definition) is 1. The first-order valence-electron chi connectivity index (χ1n) is 5.86. The molecule has 1 rings (SSSR count). The Balaban J connectivity index is 2.49. The molecule has 0 radical (unpaired) electrons. The summed E-state index contributed by atoms with van der Waals surface area (Å²) in [6, 6.07) is 0.0573. The quantitative estimate of drug-likeness (QED) is 0.716. The van der Waals surface area contributed by atoms with Gasteiger partial charge in [0.05, 0.1) is 13.1 Å². The van der Waals surface area contributed by atoms with Crippen LogP contribution in [0.25, 0.3) is 0 Å². The number of rotatable bonds is 4. The van der Waals surface area contributed by atoms with Crippen molar-refractivity contribution in [2.24, 2.45) is 0 Å². The molecule has 1 heterocycles. The van der Waals surface area contributed by atoms with Crippen molar-refractivity contribution in [3.8, 4) is 0 Å². The van der Waals surface area contributed by atoms with Crippen molar-refractivity contribution < 1.29 is 9.59 Å². The van der Waals surface area contributed by atoms with Gasteiger partial charge >= 0.3 is 0 Å². The first kappa shape index (κ1) is 13.0. The maximum atomic E-state index is 11.9. The van der Waals surface area contributed by atoms with Gasteiger partial charge in [0, 0.05) is 12.6 Å². The van der Waals surface area contributed by atoms with E-state index in [1.165, 1.54) is 0 Å². The number of amides is 2. The molecule has 0 aromatic carbocycles. The molecular formula is C11H21N3O2. The summed E-state index contributed by atoms with van der Waals surface area (Å²) in [4.78, 5) is 26.9. The van der Waals surface area contributed by atoms with Crippen LogP contribution >= 0.6 is 0 Å². The smallest absolute Gasteiger partial charge is 0.239 e. The standard InChI is InChI=1S/C11H21N3O2/c1-4-13(5-2)8-11(16)14-6-9(3)12-10(15)7-14/h9H,4-8H2,1-3H3,(H,12,15). The predicted molar refractivity (Wildman–Crippen MR) is 62.0 cm³/mol. The second kappa shape index (κ2) is 5.84. The summed E-state index contributed by atoms with van der Waals surface area (Å²) in [6.45, 7) is 8.92. The van der Waals surface area contributed by atoms with Crippen molar-refractivity contribution in [3.63, 3.8) is 0 Å². The third kappa shape index (κ3) is 3.48. The Morgan fingerprint density at radius 3 is 2.62 bits per heavy atom. The Hall–Kier alpha value is -1.10. The lowest BCUT2D eigenvalue weighted by Gasteiger charge is -2.32. The molecule has 1 fully saturated rings. The van der Waals surface area contributed by atoms with E-state index in [0.717, 1.165) is 13.1 Å². The number of nitrogens with one attached hydrogen (secondary N) is 1. The van der Waals surface area contributed by atoms with Gasteiger partial charge in [0.2, 0.25) is 11.8 Å². The number of hydrogen-bond acceptors (Lipinski definition) is 3. The number of carbonyl (C=O) groups is 2. The first-order valence-corrected chi connectivity index (χ1v) is 5.86. The fourth-order valence-electron chi connectivity index (χ4n) is 1.86. The third-order valence-electron chi connectivity index (χ3n) is 2.84. The molecule has 0 aliphatic carbocycles. The number of likely N-dealkylation sites (N-methyl/N-ethyl adjacent to an activating group) is 1. The maximum Gasteiger partial charge on any atom is 0.239 e. The number of piperazine rings is 1. The third-order valence-corrected chi connectivity index (χ3v) is 2.84. The van der Waals surface area contributed by atoms with Gasteiger partial charge in [-0.2, -0.15) is 0 Å². The lowest BCUT2D eigenvalue weighted by atomic mass is 10.2. The van der Waals surface area contributed by atoms with Crippen LogP contribution in [-0.2, 0) is 9.59 Å². The van der Waals surface area contributed by atoms with Crippen molar-refractivity contribution in [2.45, 2.75) is 26.8 Å². The molecule has 5 nitrogen and oxygen atoms in total. The van der Waals surface area contributed by atoms with Gasteiger partial charge in [0.15, 0.2) is 0 Å². The molecule has 1 aliphatic heterocycles. The minimum Gasteiger partial charge on any atom is -0.350 e. The van der Waals surface area contributed by atoms with E-state index in [2.05, 4.69) is 10.2 Å². The Kier molecular flexibility index (Phi) is 4.73. The number of nitrogens with zero attached hydrogens (tertiary/aromatic N) is 2. The van der Waals surface area contributed by atoms with Crippen molar-refractivity contribution in [1.29, 1.82) is 0 Å². The van der Waals surface area contributed by atoms with Crippen LogP contribution < -0.4 is 5.32 Å². The Bertz CT molecular complexity index is 264. The molecule has 0 aromatic rings. The van der Waals surface area contributed by atoms with Gasteiger partial charge in [0.1, 0.15) is 0 Å². The van der Waals surface area contributed by atoms with Crippen molar-refractivity contribution >= 4 is 11.8 Å². The van der Waals surface area contributed by atoms with Crippen molar-refractivity contribution in [2.75, 3.05) is 32.7 Å². The van der Waals surface area contributed by atoms with E-state index in [-0.39, 0.29) is 24.4 Å². The molecule has 16 heavy (non-hydrogen) atoms. The predicted octanol–water partition coefficient (Wildman–Crippen LogP) is -0.325. The summed E-state index contributed by atoms with van der Waals surface area (Å²) < 4.78 is 0. The lowest BCUT2D eigenvalue weighted by Crippen LogP contribution is -2.56. The molecule has 1 aliphatic rings. The van der Waals surface area contributed by atoms with E-state index in [1.807, 2.05) is 20.8 Å². The summed E-state index contributed by atoms with van der Waals surface area (Å²) in [6.07, 6.45) is 0. The van der Waals surface area contributed by atoms with Crippen LogP contribution in [0.5, 0.6) is 0 Å². The monoisotopic (exact) mass is 227 g/mol. The minimum absolute atomic E-state index is 0.0467. The molecule has 5 heteroatoms. The topological polar surface area (TPSA) is 52.7 Å². The molecule has 0 bridgehead atoms. The van der Waals surface area contributed by atoms with E-state index >= 15 is 0 Å². The van der Waals surface area contributed by atoms with E-state index in [1.54, 1.807) is 4.90 Å². The van der Waals surface area contributed by atoms with Gasteiger partial charge in [-0.1, -0.05) is 13.8 Å². The summed E-state index contributed by atoms with van der Waals surface area (Å²) >= 11 is 0. The van der Waals surface area contributed by atoms with E-state index in [9.17, 15) is 9.59 Å². The fourth-order valence-corrected chi connectivity index (χ4v) is 1.86. The van der Waals surface area contributed by atoms with Gasteiger partial charge in [0.25, 0.3) is 0 Å². The van der Waals surface area contributed by atoms with E-state index < -0.39 is 0 Å². The summed E-state index contributed by atoms with van der Waals surface area (Å²) in [7, 11) is 0. The molecule has 0 aromatic heterocycles. The minimum atomic E-state index is -0.0633. The molecular weight excluding hydrogens is 206 g/mol. The van der Waals surface area contributed by atoms with Crippen LogP contribution in [0.4, 0.5) is 0 Å². The molecule has 0 spiro atoms. The number of carbonyl (C=O) groups excluding carboxylic acids is 2. The summed E-state index contributed by atoms with van der Waals surface area (Å²) in [5.41, 5.74) is 0. The highest BCUT2D eigenvalue weighted by molar-refractivity contribution is 5.87. The highest BCUT2D eigenvalue weighted by Crippen LogP contribution is 2.01.